The van der Waals surface area contributed by atoms with Crippen LogP contribution in [0.5, 0.6) is 51.7 Å². The van der Waals surface area contributed by atoms with Crippen molar-refractivity contribution in [2.45, 2.75) is 85.8 Å². The lowest BCUT2D eigenvalue weighted by molar-refractivity contribution is -0.277. The van der Waals surface area contributed by atoms with Crippen molar-refractivity contribution in [1.29, 1.82) is 0 Å². The second-order valence-corrected chi connectivity index (χ2v) is 16.5. The van der Waals surface area contributed by atoms with Crippen LogP contribution in [0.1, 0.15) is 35.0 Å². The summed E-state index contributed by atoms with van der Waals surface area (Å²) in [6.07, 6.45) is -19.4. The monoisotopic (exact) mass is 968 g/mol. The Balaban J connectivity index is 1.09. The molecular weight excluding hydrogens is 908 g/mol. The number of aliphatic hydroxyl groups is 10. The highest BCUT2D eigenvalue weighted by molar-refractivity contribution is 5.57. The number of hydrogen-bond donors (Lipinski definition) is 10. The fourth-order valence-corrected chi connectivity index (χ4v) is 8.91. The van der Waals surface area contributed by atoms with Crippen molar-refractivity contribution in [2.75, 3.05) is 75.7 Å². The Morgan fingerprint density at radius 1 is 0.500 bits per heavy atom. The first kappa shape index (κ1) is 51.2. The number of fused-ring (bicyclic) bond motifs is 1. The zero-order valence-corrected chi connectivity index (χ0v) is 38.0. The molecule has 4 saturated heterocycles. The van der Waals surface area contributed by atoms with Crippen molar-refractivity contribution in [3.8, 4) is 51.7 Å². The van der Waals surface area contributed by atoms with Gasteiger partial charge in [-0.1, -0.05) is 0 Å². The molecule has 10 N–H and O–H groups in total. The van der Waals surface area contributed by atoms with Gasteiger partial charge in [0.1, 0.15) is 54.9 Å². The van der Waals surface area contributed by atoms with Crippen LogP contribution in [-0.2, 0) is 18.9 Å². The average molecular weight is 969 g/mol. The summed E-state index contributed by atoms with van der Waals surface area (Å²) in [6, 6.07) is 9.52. The molecule has 23 heteroatoms. The van der Waals surface area contributed by atoms with Gasteiger partial charge >= 0.3 is 0 Å². The molecule has 0 aliphatic carbocycles. The maximum absolute atomic E-state index is 11.7. The highest BCUT2D eigenvalue weighted by Gasteiger charge is 2.50. The van der Waals surface area contributed by atoms with Crippen LogP contribution in [0.4, 0.5) is 0 Å². The van der Waals surface area contributed by atoms with E-state index in [-0.39, 0.29) is 82.4 Å². The smallest absolute Gasteiger partial charge is 0.229 e. The topological polar surface area (TPSA) is 322 Å². The Morgan fingerprint density at radius 2 is 0.853 bits per heavy atom. The van der Waals surface area contributed by atoms with Gasteiger partial charge in [-0.25, -0.2) is 0 Å². The van der Waals surface area contributed by atoms with Gasteiger partial charge in [-0.05, 0) is 53.1 Å². The first-order valence-electron chi connectivity index (χ1n) is 21.6. The minimum atomic E-state index is -1.74. The quantitative estimate of drug-likeness (QED) is 0.0664. The molecule has 0 unspecified atom stereocenters. The van der Waals surface area contributed by atoms with Crippen LogP contribution < -0.4 is 42.6 Å². The standard InChI is InChI=1S/C45H60O23/c1-56-23-7-18(8-24(57-2)42(23)67-44-37(54)35(52)33(50)30(14-47)65-44)32(49)29(13-46)64-41-25(58-3)9-19(10-26(41)59-4)39-21-16-63-40(22(21)17-62-39)20-11-27(60-5)43(28(12-20)61-6)68-45-38(55)36(53)34(51)31(15-48)66-45/h7-12,21-22,29-40,44-55H,13-17H2,1-6H3/t21-,22-,29-,30-,31-,32-,33-,34-,35+,36+,37-,38-,39-,40+,44+,45+/m0/s1. The van der Waals surface area contributed by atoms with Gasteiger partial charge in [0.15, 0.2) is 40.6 Å². The zero-order valence-electron chi connectivity index (χ0n) is 38.0. The fraction of sp³-hybridized carbons (Fsp3) is 0.600. The molecule has 0 radical (unpaired) electrons. The van der Waals surface area contributed by atoms with E-state index in [1.54, 1.807) is 24.3 Å². The van der Waals surface area contributed by atoms with Crippen LogP contribution in [0.25, 0.3) is 0 Å². The minimum Gasteiger partial charge on any atom is -0.493 e. The van der Waals surface area contributed by atoms with Gasteiger partial charge in [-0.2, -0.15) is 0 Å². The normalized spacial score (nSPS) is 32.1. The van der Waals surface area contributed by atoms with Crippen LogP contribution in [0, 0.1) is 11.8 Å². The van der Waals surface area contributed by atoms with E-state index in [1.165, 1.54) is 54.8 Å². The molecule has 3 aromatic carbocycles. The average Bonchev–Trinajstić information content (AvgIpc) is 3.98. The fourth-order valence-electron chi connectivity index (χ4n) is 8.91. The third-order valence-electron chi connectivity index (χ3n) is 12.7. The molecule has 23 nitrogen and oxygen atoms in total. The second-order valence-electron chi connectivity index (χ2n) is 16.5. The van der Waals surface area contributed by atoms with Crippen LogP contribution in [0.15, 0.2) is 36.4 Å². The summed E-state index contributed by atoms with van der Waals surface area (Å²) in [5, 5.41) is 104. The van der Waals surface area contributed by atoms with E-state index in [4.69, 9.17) is 61.6 Å². The molecule has 4 fully saturated rings. The van der Waals surface area contributed by atoms with E-state index in [2.05, 4.69) is 0 Å². The molecule has 7 rings (SSSR count). The molecule has 3 aromatic rings. The van der Waals surface area contributed by atoms with Gasteiger partial charge in [0.2, 0.25) is 29.8 Å². The summed E-state index contributed by atoms with van der Waals surface area (Å²) in [6.45, 7) is -1.45. The van der Waals surface area contributed by atoms with Crippen molar-refractivity contribution < 1.29 is 113 Å². The van der Waals surface area contributed by atoms with Gasteiger partial charge in [0.05, 0.1) is 87.9 Å². The summed E-state index contributed by atoms with van der Waals surface area (Å²) in [7, 11) is 8.25. The summed E-state index contributed by atoms with van der Waals surface area (Å²) in [5.74, 6) is 0.355. The summed E-state index contributed by atoms with van der Waals surface area (Å²) in [5.41, 5.74) is 1.46. The zero-order chi connectivity index (χ0) is 49.1. The Bertz CT molecular complexity index is 2080. The number of rotatable bonds is 19. The predicted molar refractivity (Wildman–Crippen MR) is 228 cm³/mol. The molecule has 0 amide bonds. The second kappa shape index (κ2) is 21.9. The Labute approximate surface area is 390 Å². The molecule has 0 spiro atoms. The van der Waals surface area contributed by atoms with E-state index in [9.17, 15) is 51.1 Å². The van der Waals surface area contributed by atoms with E-state index >= 15 is 0 Å². The Hall–Kier alpha value is -4.70. The number of hydrogen-bond acceptors (Lipinski definition) is 23. The van der Waals surface area contributed by atoms with Gasteiger partial charge < -0.3 is 113 Å². The summed E-state index contributed by atoms with van der Waals surface area (Å²) >= 11 is 0. The lowest BCUT2D eigenvalue weighted by Gasteiger charge is -2.39. The predicted octanol–water partition coefficient (Wildman–Crippen LogP) is -1.36. The van der Waals surface area contributed by atoms with Crippen molar-refractivity contribution in [2.24, 2.45) is 11.8 Å². The van der Waals surface area contributed by atoms with Crippen molar-refractivity contribution >= 4 is 0 Å². The third kappa shape index (κ3) is 9.74. The molecular formula is C45H60O23. The highest BCUT2D eigenvalue weighted by Crippen LogP contribution is 2.54. The molecule has 0 saturated carbocycles. The maximum Gasteiger partial charge on any atom is 0.229 e. The summed E-state index contributed by atoms with van der Waals surface area (Å²) in [4.78, 5) is 0. The number of aliphatic hydroxyl groups excluding tert-OH is 10. The number of ether oxygens (including phenoxy) is 13. The molecule has 0 aromatic heterocycles. The first-order chi connectivity index (χ1) is 32.7. The third-order valence-corrected chi connectivity index (χ3v) is 12.7. The Morgan fingerprint density at radius 3 is 1.19 bits per heavy atom. The molecule has 4 aliphatic rings. The maximum atomic E-state index is 11.7. The van der Waals surface area contributed by atoms with E-state index in [0.29, 0.717) is 11.1 Å². The van der Waals surface area contributed by atoms with E-state index < -0.39 is 106 Å². The van der Waals surface area contributed by atoms with E-state index in [0.717, 1.165) is 0 Å². The molecule has 4 aliphatic heterocycles. The molecule has 68 heavy (non-hydrogen) atoms. The largest absolute Gasteiger partial charge is 0.493 e. The van der Waals surface area contributed by atoms with Crippen LogP contribution >= 0.6 is 0 Å². The van der Waals surface area contributed by atoms with Gasteiger partial charge in [-0.15, -0.1) is 0 Å². The molecule has 16 atom stereocenters. The van der Waals surface area contributed by atoms with Crippen LogP contribution in [0.2, 0.25) is 0 Å². The van der Waals surface area contributed by atoms with Crippen molar-refractivity contribution in [1.82, 2.24) is 0 Å². The van der Waals surface area contributed by atoms with Crippen LogP contribution in [0.3, 0.4) is 0 Å². The lowest BCUT2D eigenvalue weighted by atomic mass is 9.84. The van der Waals surface area contributed by atoms with Crippen molar-refractivity contribution in [3.05, 3.63) is 53.1 Å². The molecule has 0 bridgehead atoms. The van der Waals surface area contributed by atoms with E-state index in [1.807, 2.05) is 0 Å². The summed E-state index contributed by atoms with van der Waals surface area (Å²) < 4.78 is 75.8. The molecule has 378 valence electrons. The number of benzene rings is 3. The lowest BCUT2D eigenvalue weighted by Crippen LogP contribution is -2.60. The SMILES string of the molecule is COc1cc([C@H]2OC[C@H]3[C@@H]2CO[C@H]3c2cc(OC)c(O[C@@H](CO)[C@@H](O)c3cc(OC)c(O[C@H]4O[C@@H](CO)[C@H](O)[C@@H](O)[C@@H]4O)c(OC)c3)c(OC)c2)cc(OC)c1O[C@H]1O[C@@H](CO)[C@H](O)[C@@H](O)[C@@H]1O. The first-order valence-corrected chi connectivity index (χ1v) is 21.6. The van der Waals surface area contributed by atoms with Crippen LogP contribution in [-0.4, -0.2) is 194 Å². The minimum absolute atomic E-state index is 0.0179. The van der Waals surface area contributed by atoms with Gasteiger partial charge in [0.25, 0.3) is 0 Å². The highest BCUT2D eigenvalue weighted by atomic mass is 16.7. The Kier molecular flexibility index (Phi) is 16.5. The van der Waals surface area contributed by atoms with Gasteiger partial charge in [0, 0.05) is 11.8 Å². The molecule has 4 heterocycles. The number of methoxy groups -OCH3 is 6. The van der Waals surface area contributed by atoms with Crippen molar-refractivity contribution in [3.63, 3.8) is 0 Å². The van der Waals surface area contributed by atoms with Gasteiger partial charge in [-0.3, -0.25) is 0 Å².